The van der Waals surface area contributed by atoms with Gasteiger partial charge in [0.25, 0.3) is 5.91 Å². The van der Waals surface area contributed by atoms with Crippen LogP contribution in [0.25, 0.3) is 10.1 Å². The summed E-state index contributed by atoms with van der Waals surface area (Å²) in [7, 11) is 0. The van der Waals surface area contributed by atoms with Crippen LogP contribution in [0.15, 0.2) is 36.7 Å². The number of anilines is 1. The summed E-state index contributed by atoms with van der Waals surface area (Å²) in [5.41, 5.74) is 8.86. The lowest BCUT2D eigenvalue weighted by atomic mass is 10.0. The van der Waals surface area contributed by atoms with Gasteiger partial charge in [-0.2, -0.15) is 0 Å². The molecule has 0 aliphatic heterocycles. The molecule has 0 fully saturated rings. The van der Waals surface area contributed by atoms with E-state index in [4.69, 9.17) is 8.80 Å². The highest BCUT2D eigenvalue weighted by Crippen LogP contribution is 2.35. The van der Waals surface area contributed by atoms with Crippen molar-refractivity contribution in [3.8, 4) is 5.75 Å². The second kappa shape index (κ2) is 7.57. The van der Waals surface area contributed by atoms with Crippen LogP contribution < -0.4 is 14.1 Å². The first-order valence-corrected chi connectivity index (χ1v) is 9.50. The van der Waals surface area contributed by atoms with Crippen molar-refractivity contribution in [3.05, 3.63) is 52.7 Å². The van der Waals surface area contributed by atoms with Gasteiger partial charge >= 0.3 is 0 Å². The first-order valence-electron chi connectivity index (χ1n) is 7.80. The number of aryl methyl sites for hydroxylation is 1. The maximum absolute atomic E-state index is 12.6. The fraction of sp³-hybridized carbons (Fsp3) is 0.222. The van der Waals surface area contributed by atoms with E-state index < -0.39 is 0 Å². The van der Waals surface area contributed by atoms with Crippen molar-refractivity contribution in [1.29, 1.82) is 0 Å². The van der Waals surface area contributed by atoms with E-state index in [2.05, 4.69) is 17.2 Å². The van der Waals surface area contributed by atoms with E-state index in [1.54, 1.807) is 12.4 Å². The average Bonchev–Trinajstić information content (AvgIpc) is 2.97. The summed E-state index contributed by atoms with van der Waals surface area (Å²) >= 11 is 3.23. The number of hydrogen-bond donors (Lipinski definition) is 2. The standard InChI is InChI=1S/C18H18IN3O2S/c1-10(12-3-5-13(24-19)6-4-12)8-22-18(23)17-16(20)15-11(2)7-21-9-14(15)25-17/h3-7,9-10H,8,20H2,1-2H3,(H,22,23). The molecule has 0 radical (unpaired) electrons. The molecule has 130 valence electrons. The predicted molar refractivity (Wildman–Crippen MR) is 111 cm³/mol. The zero-order chi connectivity index (χ0) is 18.0. The summed E-state index contributed by atoms with van der Waals surface area (Å²) in [5, 5.41) is 3.91. The molecule has 3 aromatic rings. The number of nitrogens with zero attached hydrogens (tertiary/aromatic N) is 1. The van der Waals surface area contributed by atoms with Crippen LogP contribution in [0.2, 0.25) is 0 Å². The minimum atomic E-state index is -0.142. The van der Waals surface area contributed by atoms with Crippen molar-refractivity contribution in [2.24, 2.45) is 0 Å². The van der Waals surface area contributed by atoms with Gasteiger partial charge in [0.2, 0.25) is 0 Å². The molecule has 1 unspecified atom stereocenters. The molecule has 2 heterocycles. The van der Waals surface area contributed by atoms with Crippen LogP contribution in [0.3, 0.4) is 0 Å². The van der Waals surface area contributed by atoms with E-state index >= 15 is 0 Å². The second-order valence-corrected chi connectivity index (χ2v) is 7.42. The highest BCUT2D eigenvalue weighted by atomic mass is 127. The summed E-state index contributed by atoms with van der Waals surface area (Å²) < 4.78 is 6.07. The SMILES string of the molecule is Cc1cncc2sc(C(=O)NCC(C)c3ccc(OI)cc3)c(N)c12. The maximum atomic E-state index is 12.6. The quantitative estimate of drug-likeness (QED) is 0.544. The Bertz CT molecular complexity index is 909. The monoisotopic (exact) mass is 467 g/mol. The highest BCUT2D eigenvalue weighted by molar-refractivity contribution is 14.1. The molecular weight excluding hydrogens is 449 g/mol. The number of hydrogen-bond acceptors (Lipinski definition) is 5. The van der Waals surface area contributed by atoms with Gasteiger partial charge in [0.15, 0.2) is 23.0 Å². The van der Waals surface area contributed by atoms with Gasteiger partial charge in [-0.25, -0.2) is 0 Å². The molecule has 1 amide bonds. The van der Waals surface area contributed by atoms with E-state index in [0.717, 1.165) is 27.0 Å². The Morgan fingerprint density at radius 2 is 2.08 bits per heavy atom. The zero-order valence-corrected chi connectivity index (χ0v) is 16.8. The summed E-state index contributed by atoms with van der Waals surface area (Å²) in [5.74, 6) is 0.853. The molecule has 0 aliphatic carbocycles. The van der Waals surface area contributed by atoms with E-state index in [1.165, 1.54) is 11.3 Å². The summed E-state index contributed by atoms with van der Waals surface area (Å²) in [6.45, 7) is 4.56. The minimum absolute atomic E-state index is 0.142. The minimum Gasteiger partial charge on any atom is -0.428 e. The van der Waals surface area contributed by atoms with Crippen molar-refractivity contribution < 1.29 is 7.86 Å². The molecule has 0 spiro atoms. The van der Waals surface area contributed by atoms with Crippen LogP contribution in [0.1, 0.15) is 33.6 Å². The summed E-state index contributed by atoms with van der Waals surface area (Å²) in [6.07, 6.45) is 3.51. The van der Waals surface area contributed by atoms with Crippen LogP contribution >= 0.6 is 34.3 Å². The highest BCUT2D eigenvalue weighted by Gasteiger charge is 2.18. The number of aromatic nitrogens is 1. The number of pyridine rings is 1. The van der Waals surface area contributed by atoms with Gasteiger partial charge in [-0.3, -0.25) is 9.78 Å². The number of carbonyl (C=O) groups is 1. The van der Waals surface area contributed by atoms with Crippen LogP contribution in [0.5, 0.6) is 5.75 Å². The predicted octanol–water partition coefficient (Wildman–Crippen LogP) is 4.45. The number of amides is 1. The van der Waals surface area contributed by atoms with Crippen LogP contribution in [-0.4, -0.2) is 17.4 Å². The lowest BCUT2D eigenvalue weighted by molar-refractivity contribution is 0.0956. The number of rotatable bonds is 5. The topological polar surface area (TPSA) is 77.2 Å². The average molecular weight is 467 g/mol. The fourth-order valence-corrected chi connectivity index (χ4v) is 4.08. The Labute approximate surface area is 164 Å². The van der Waals surface area contributed by atoms with Gasteiger partial charge in [0.05, 0.1) is 10.4 Å². The number of thiophene rings is 1. The first-order chi connectivity index (χ1) is 12.0. The molecule has 3 N–H and O–H groups in total. The molecule has 25 heavy (non-hydrogen) atoms. The van der Waals surface area contributed by atoms with Crippen LogP contribution in [0.4, 0.5) is 5.69 Å². The third-order valence-electron chi connectivity index (χ3n) is 4.14. The molecule has 1 atom stereocenters. The van der Waals surface area contributed by atoms with Crippen LogP contribution in [-0.2, 0) is 0 Å². The molecule has 3 rings (SSSR count). The number of nitrogen functional groups attached to an aromatic ring is 1. The van der Waals surface area contributed by atoms with E-state index in [-0.39, 0.29) is 11.8 Å². The largest absolute Gasteiger partial charge is 0.428 e. The molecule has 0 aliphatic rings. The van der Waals surface area contributed by atoms with Crippen molar-refractivity contribution in [2.75, 3.05) is 12.3 Å². The van der Waals surface area contributed by atoms with Gasteiger partial charge in [-0.1, -0.05) is 19.1 Å². The van der Waals surface area contributed by atoms with Crippen molar-refractivity contribution >= 4 is 56.0 Å². The Hall–Kier alpha value is -1.87. The molecule has 7 heteroatoms. The molecule has 0 bridgehead atoms. The number of halogens is 1. The first kappa shape index (κ1) is 17.9. The van der Waals surface area contributed by atoms with Gasteiger partial charge in [-0.05, 0) is 36.1 Å². The molecule has 0 saturated carbocycles. The molecule has 1 aromatic carbocycles. The third-order valence-corrected chi connectivity index (χ3v) is 5.79. The molecule has 0 saturated heterocycles. The third kappa shape index (κ3) is 3.72. The summed E-state index contributed by atoms with van der Waals surface area (Å²) in [6, 6.07) is 7.85. The Kier molecular flexibility index (Phi) is 5.43. The lowest BCUT2D eigenvalue weighted by Crippen LogP contribution is -2.27. The van der Waals surface area contributed by atoms with Crippen molar-refractivity contribution in [2.45, 2.75) is 19.8 Å². The van der Waals surface area contributed by atoms with E-state index in [1.807, 2.05) is 54.2 Å². The van der Waals surface area contributed by atoms with Gasteiger partial charge in [0, 0.05) is 24.3 Å². The van der Waals surface area contributed by atoms with Crippen molar-refractivity contribution in [1.82, 2.24) is 10.3 Å². The number of fused-ring (bicyclic) bond motifs is 1. The Morgan fingerprint density at radius 1 is 1.36 bits per heavy atom. The number of benzene rings is 1. The molecule has 2 aromatic heterocycles. The smallest absolute Gasteiger partial charge is 0.263 e. The van der Waals surface area contributed by atoms with Crippen LogP contribution in [0, 0.1) is 6.92 Å². The second-order valence-electron chi connectivity index (χ2n) is 5.93. The Balaban J connectivity index is 1.72. The number of nitrogens with one attached hydrogen (secondary N) is 1. The normalized spacial score (nSPS) is 12.1. The number of carbonyl (C=O) groups excluding carboxylic acids is 1. The lowest BCUT2D eigenvalue weighted by Gasteiger charge is -2.13. The molecule has 5 nitrogen and oxygen atoms in total. The van der Waals surface area contributed by atoms with Crippen molar-refractivity contribution in [3.63, 3.8) is 0 Å². The van der Waals surface area contributed by atoms with Gasteiger partial charge in [-0.15, -0.1) is 11.3 Å². The zero-order valence-electron chi connectivity index (χ0n) is 13.9. The van der Waals surface area contributed by atoms with E-state index in [9.17, 15) is 4.79 Å². The molecular formula is C18H18IN3O2S. The summed E-state index contributed by atoms with van der Waals surface area (Å²) in [4.78, 5) is 17.3. The van der Waals surface area contributed by atoms with Gasteiger partial charge in [0.1, 0.15) is 10.6 Å². The number of nitrogens with two attached hydrogens (primary N) is 1. The maximum Gasteiger partial charge on any atom is 0.263 e. The van der Waals surface area contributed by atoms with E-state index in [0.29, 0.717) is 17.1 Å². The Morgan fingerprint density at radius 3 is 2.72 bits per heavy atom. The fourth-order valence-electron chi connectivity index (χ4n) is 2.70. The van der Waals surface area contributed by atoms with Gasteiger partial charge < -0.3 is 14.1 Å².